The molecule has 2 aromatic carbocycles. The summed E-state index contributed by atoms with van der Waals surface area (Å²) in [6.45, 7) is 3.29. The topological polar surface area (TPSA) is 164 Å². The van der Waals surface area contributed by atoms with Gasteiger partial charge < -0.3 is 24.2 Å². The molecular formula is C28H32N5O7PS. The number of H-pyrrole nitrogens is 2. The summed E-state index contributed by atoms with van der Waals surface area (Å²) in [6, 6.07) is 15.3. The Kier molecular flexibility index (Phi) is 11.0. The van der Waals surface area contributed by atoms with E-state index in [1.54, 1.807) is 32.2 Å². The zero-order valence-corrected chi connectivity index (χ0v) is 24.8. The third-order valence-electron chi connectivity index (χ3n) is 5.91. The fraction of sp³-hybridized carbons (Fsp3) is 0.286. The van der Waals surface area contributed by atoms with Crippen LogP contribution in [0.1, 0.15) is 19.4 Å². The van der Waals surface area contributed by atoms with Crippen molar-refractivity contribution in [2.45, 2.75) is 36.1 Å². The van der Waals surface area contributed by atoms with Gasteiger partial charge in [-0.05, 0) is 38.0 Å². The highest BCUT2D eigenvalue weighted by atomic mass is 32.2. The Balaban J connectivity index is 1.57. The number of fused-ring (bicyclic) bond motifs is 1. The molecule has 0 aliphatic rings. The first-order chi connectivity index (χ1) is 20.3. The second-order valence-corrected chi connectivity index (χ2v) is 12.3. The number of hydrogen-bond donors (Lipinski definition) is 4. The standard InChI is InChI=1S/C28H32N5O7PS/c1-3-38-24(34)16-32-41(37,33-20(28(36)39-4-2)14-19-10-6-5-7-11-19)18-40-21-12-8-9-13-22(21)42-23-15-29-26-25(23)30-17-31-27(26)35/h5-13,15,17,20,29H,3-4,14,16,18H2,1-2H3,(H,30,31,35)(H2,32,33,37). The number of nitrogens with one attached hydrogen (secondary N) is 4. The van der Waals surface area contributed by atoms with Crippen molar-refractivity contribution in [2.24, 2.45) is 0 Å². The van der Waals surface area contributed by atoms with Gasteiger partial charge in [0.2, 0.25) is 7.44 Å². The van der Waals surface area contributed by atoms with E-state index in [1.165, 1.54) is 18.1 Å². The molecule has 0 spiro atoms. The van der Waals surface area contributed by atoms with Crippen molar-refractivity contribution in [3.05, 3.63) is 83.0 Å². The number of hydrogen-bond acceptors (Lipinski definition) is 9. The van der Waals surface area contributed by atoms with Gasteiger partial charge in [-0.1, -0.05) is 54.2 Å². The predicted molar refractivity (Wildman–Crippen MR) is 159 cm³/mol. The lowest BCUT2D eigenvalue weighted by Gasteiger charge is -2.26. The number of para-hydroxylation sites is 1. The van der Waals surface area contributed by atoms with Crippen LogP contribution in [0.3, 0.4) is 0 Å². The van der Waals surface area contributed by atoms with Gasteiger partial charge in [-0.15, -0.1) is 0 Å². The van der Waals surface area contributed by atoms with Crippen LogP contribution in [0.15, 0.2) is 81.7 Å². The Morgan fingerprint density at radius 3 is 2.50 bits per heavy atom. The predicted octanol–water partition coefficient (Wildman–Crippen LogP) is 3.85. The van der Waals surface area contributed by atoms with Gasteiger partial charge in [0.05, 0.1) is 29.3 Å². The molecule has 4 aromatic rings. The van der Waals surface area contributed by atoms with Crippen molar-refractivity contribution in [1.82, 2.24) is 25.1 Å². The molecule has 0 aliphatic heterocycles. The third kappa shape index (κ3) is 8.32. The molecule has 4 N–H and O–H groups in total. The molecule has 0 bridgehead atoms. The maximum absolute atomic E-state index is 14.2. The molecule has 2 heterocycles. The second kappa shape index (κ2) is 14.8. The van der Waals surface area contributed by atoms with Crippen molar-refractivity contribution < 1.29 is 28.4 Å². The SMILES string of the molecule is CCOC(=O)CNP(=O)(COc1ccccc1Sc1c[nH]c2c(=O)[nH]cnc12)NC(Cc1ccccc1)C(=O)OCC. The maximum Gasteiger partial charge on any atom is 0.323 e. The molecule has 0 fully saturated rings. The first kappa shape index (κ1) is 31.0. The quantitative estimate of drug-likeness (QED) is 0.114. The molecule has 0 amide bonds. The molecule has 0 radical (unpaired) electrons. The molecule has 42 heavy (non-hydrogen) atoms. The van der Waals surface area contributed by atoms with Gasteiger partial charge in [0.25, 0.3) is 5.56 Å². The summed E-state index contributed by atoms with van der Waals surface area (Å²) in [5.74, 6) is -0.789. The number of rotatable bonds is 15. The van der Waals surface area contributed by atoms with Crippen molar-refractivity contribution in [1.29, 1.82) is 0 Å². The molecule has 0 aliphatic carbocycles. The number of ether oxygens (including phenoxy) is 3. The molecule has 2 atom stereocenters. The van der Waals surface area contributed by atoms with Gasteiger partial charge in [0, 0.05) is 6.20 Å². The second-order valence-electron chi connectivity index (χ2n) is 8.93. The summed E-state index contributed by atoms with van der Waals surface area (Å²) in [7, 11) is -3.77. The summed E-state index contributed by atoms with van der Waals surface area (Å²) in [5.41, 5.74) is 1.38. The Bertz CT molecular complexity index is 1610. The van der Waals surface area contributed by atoms with Crippen LogP contribution in [0.5, 0.6) is 5.75 Å². The molecule has 12 nitrogen and oxygen atoms in total. The number of carbonyl (C=O) groups excluding carboxylic acids is 2. The fourth-order valence-electron chi connectivity index (χ4n) is 4.00. The molecule has 222 valence electrons. The average molecular weight is 614 g/mol. The molecule has 0 saturated carbocycles. The van der Waals surface area contributed by atoms with Crippen LogP contribution < -0.4 is 20.5 Å². The Hall–Kier alpha value is -3.90. The Morgan fingerprint density at radius 2 is 1.74 bits per heavy atom. The van der Waals surface area contributed by atoms with Crippen LogP contribution in [0.4, 0.5) is 0 Å². The first-order valence-electron chi connectivity index (χ1n) is 13.2. The van der Waals surface area contributed by atoms with Crippen LogP contribution >= 0.6 is 19.2 Å². The first-order valence-corrected chi connectivity index (χ1v) is 15.9. The summed E-state index contributed by atoms with van der Waals surface area (Å²) in [4.78, 5) is 48.2. The minimum absolute atomic E-state index is 0.141. The van der Waals surface area contributed by atoms with Gasteiger partial charge in [-0.2, -0.15) is 0 Å². The van der Waals surface area contributed by atoms with Crippen molar-refractivity contribution >= 4 is 42.2 Å². The number of nitrogens with zero attached hydrogens (tertiary/aromatic N) is 1. The minimum Gasteiger partial charge on any atom is -0.482 e. The highest BCUT2D eigenvalue weighted by Crippen LogP contribution is 2.41. The van der Waals surface area contributed by atoms with Crippen LogP contribution in [0.2, 0.25) is 0 Å². The summed E-state index contributed by atoms with van der Waals surface area (Å²) in [6.07, 6.45) is 2.80. The van der Waals surface area contributed by atoms with Crippen LogP contribution in [-0.4, -0.2) is 59.0 Å². The molecule has 4 rings (SSSR count). The smallest absolute Gasteiger partial charge is 0.323 e. The monoisotopic (exact) mass is 613 g/mol. The molecule has 0 saturated heterocycles. The Morgan fingerprint density at radius 1 is 1.00 bits per heavy atom. The van der Waals surface area contributed by atoms with Crippen molar-refractivity contribution in [3.63, 3.8) is 0 Å². The van der Waals surface area contributed by atoms with E-state index in [1.807, 2.05) is 42.5 Å². The zero-order chi connectivity index (χ0) is 30.0. The number of aromatic amines is 2. The van der Waals surface area contributed by atoms with Crippen LogP contribution in [0, 0.1) is 0 Å². The third-order valence-corrected chi connectivity index (χ3v) is 8.89. The van der Waals surface area contributed by atoms with Gasteiger partial charge >= 0.3 is 11.9 Å². The zero-order valence-electron chi connectivity index (χ0n) is 23.1. The molecular weight excluding hydrogens is 581 g/mol. The molecule has 2 aromatic heterocycles. The van der Waals surface area contributed by atoms with E-state index < -0.39 is 31.8 Å². The van der Waals surface area contributed by atoms with Gasteiger partial charge in [0.15, 0.2) is 6.35 Å². The number of esters is 2. The number of carbonyl (C=O) groups is 2. The van der Waals surface area contributed by atoms with E-state index in [2.05, 4.69) is 25.1 Å². The summed E-state index contributed by atoms with van der Waals surface area (Å²) in [5, 5.41) is 5.64. The minimum atomic E-state index is -3.77. The lowest BCUT2D eigenvalue weighted by Crippen LogP contribution is -2.42. The normalized spacial score (nSPS) is 13.3. The Labute approximate surface area is 246 Å². The highest BCUT2D eigenvalue weighted by Gasteiger charge is 2.32. The fourth-order valence-corrected chi connectivity index (χ4v) is 6.64. The van der Waals surface area contributed by atoms with Gasteiger partial charge in [0.1, 0.15) is 29.4 Å². The summed E-state index contributed by atoms with van der Waals surface area (Å²) < 4.78 is 30.5. The van der Waals surface area contributed by atoms with Crippen LogP contribution in [-0.2, 0) is 30.0 Å². The molecule has 2 unspecified atom stereocenters. The molecule has 14 heteroatoms. The van der Waals surface area contributed by atoms with Gasteiger partial charge in [-0.25, -0.2) is 15.2 Å². The number of benzene rings is 2. The lowest BCUT2D eigenvalue weighted by atomic mass is 10.1. The number of aromatic nitrogens is 3. The maximum atomic E-state index is 14.2. The van der Waals surface area contributed by atoms with Crippen molar-refractivity contribution in [3.8, 4) is 5.75 Å². The largest absolute Gasteiger partial charge is 0.482 e. The van der Waals surface area contributed by atoms with E-state index in [0.29, 0.717) is 26.6 Å². The van der Waals surface area contributed by atoms with E-state index in [0.717, 1.165) is 5.56 Å². The van der Waals surface area contributed by atoms with E-state index in [9.17, 15) is 18.9 Å². The average Bonchev–Trinajstić information content (AvgIpc) is 3.40. The lowest BCUT2D eigenvalue weighted by molar-refractivity contribution is -0.145. The summed E-state index contributed by atoms with van der Waals surface area (Å²) >= 11 is 1.31. The van der Waals surface area contributed by atoms with Crippen molar-refractivity contribution in [2.75, 3.05) is 26.1 Å². The van der Waals surface area contributed by atoms with E-state index in [-0.39, 0.29) is 31.7 Å². The highest BCUT2D eigenvalue weighted by molar-refractivity contribution is 7.99. The van der Waals surface area contributed by atoms with Gasteiger partial charge in [-0.3, -0.25) is 18.9 Å². The van der Waals surface area contributed by atoms with E-state index in [4.69, 9.17) is 14.2 Å². The van der Waals surface area contributed by atoms with Crippen LogP contribution in [0.25, 0.3) is 11.0 Å². The van der Waals surface area contributed by atoms with E-state index >= 15 is 0 Å².